The van der Waals surface area contributed by atoms with E-state index in [4.69, 9.17) is 4.74 Å². The number of halogens is 1. The smallest absolute Gasteiger partial charge is 0.287 e. The molecule has 0 bridgehead atoms. The van der Waals surface area contributed by atoms with Crippen LogP contribution >= 0.6 is 0 Å². The van der Waals surface area contributed by atoms with Crippen LogP contribution in [-0.4, -0.2) is 48.4 Å². The zero-order valence-corrected chi connectivity index (χ0v) is 13.9. The first-order valence-electron chi connectivity index (χ1n) is 7.93. The second kappa shape index (κ2) is 7.00. The number of aromatic nitrogens is 2. The monoisotopic (exact) mass is 332 g/mol. The Morgan fingerprint density at radius 1 is 1.25 bits per heavy atom. The van der Waals surface area contributed by atoms with Crippen LogP contribution in [0.15, 0.2) is 29.1 Å². The lowest BCUT2D eigenvalue weighted by Gasteiger charge is -2.35. The van der Waals surface area contributed by atoms with Crippen LogP contribution in [0.5, 0.6) is 5.88 Å². The molecule has 0 unspecified atom stereocenters. The molecule has 128 valence electrons. The molecule has 0 aliphatic carbocycles. The predicted octanol–water partition coefficient (Wildman–Crippen LogP) is 1.55. The zero-order valence-electron chi connectivity index (χ0n) is 13.9. The summed E-state index contributed by atoms with van der Waals surface area (Å²) in [5.41, 5.74) is 2.47. The number of benzene rings is 1. The summed E-state index contributed by atoms with van der Waals surface area (Å²) < 4.78 is 18.3. The van der Waals surface area contributed by atoms with Crippen molar-refractivity contribution in [2.75, 3.05) is 38.2 Å². The van der Waals surface area contributed by atoms with Crippen molar-refractivity contribution in [1.29, 1.82) is 0 Å². The van der Waals surface area contributed by atoms with Gasteiger partial charge in [0, 0.05) is 38.8 Å². The molecular weight excluding hydrogens is 311 g/mol. The van der Waals surface area contributed by atoms with Crippen LogP contribution < -0.4 is 15.2 Å². The molecule has 7 heteroatoms. The number of aromatic amines is 1. The average Bonchev–Trinajstić information content (AvgIpc) is 2.59. The van der Waals surface area contributed by atoms with Crippen LogP contribution in [0.2, 0.25) is 0 Å². The Morgan fingerprint density at radius 2 is 2.00 bits per heavy atom. The molecule has 0 radical (unpaired) electrons. The molecule has 1 aliphatic rings. The molecule has 1 N–H and O–H groups in total. The van der Waals surface area contributed by atoms with E-state index in [0.29, 0.717) is 11.6 Å². The van der Waals surface area contributed by atoms with Gasteiger partial charge in [0.05, 0.1) is 7.11 Å². The summed E-state index contributed by atoms with van der Waals surface area (Å²) in [6.07, 6.45) is 0. The lowest BCUT2D eigenvalue weighted by Crippen LogP contribution is -2.47. The molecule has 6 nitrogen and oxygen atoms in total. The maximum absolute atomic E-state index is 13.2. The first-order valence-corrected chi connectivity index (χ1v) is 7.93. The minimum Gasteiger partial charge on any atom is -0.480 e. The normalized spacial score (nSPS) is 15.5. The number of hydrogen-bond acceptors (Lipinski definition) is 5. The minimum atomic E-state index is -0.210. The Hall–Kier alpha value is -2.41. The van der Waals surface area contributed by atoms with Crippen LogP contribution in [-0.2, 0) is 6.54 Å². The molecule has 0 atom stereocenters. The Labute approximate surface area is 139 Å². The van der Waals surface area contributed by atoms with E-state index in [9.17, 15) is 9.18 Å². The number of nitrogens with zero attached hydrogens (tertiary/aromatic N) is 3. The zero-order chi connectivity index (χ0) is 17.1. The van der Waals surface area contributed by atoms with E-state index in [-0.39, 0.29) is 11.4 Å². The van der Waals surface area contributed by atoms with Crippen LogP contribution in [0, 0.1) is 12.7 Å². The minimum absolute atomic E-state index is 0.202. The molecule has 1 fully saturated rings. The lowest BCUT2D eigenvalue weighted by atomic mass is 10.1. The standard InChI is InChI=1S/C17H21FN4O2/c1-12-9-14(18)4-3-13(12)11-21-5-7-22(8-6-21)15-10-16(24-2)19-20-17(15)23/h3-4,9-10H,5-8,11H2,1-2H3,(H,20,23). The number of rotatable bonds is 4. The second-order valence-corrected chi connectivity index (χ2v) is 5.96. The summed E-state index contributed by atoms with van der Waals surface area (Å²) in [5.74, 6) is 0.195. The van der Waals surface area contributed by atoms with Crippen LogP contribution in [0.25, 0.3) is 0 Å². The molecule has 0 spiro atoms. The van der Waals surface area contributed by atoms with Crippen molar-refractivity contribution in [3.63, 3.8) is 0 Å². The van der Waals surface area contributed by atoms with Gasteiger partial charge in [-0.25, -0.2) is 9.49 Å². The van der Waals surface area contributed by atoms with Crippen molar-refractivity contribution in [2.24, 2.45) is 0 Å². The molecule has 2 heterocycles. The summed E-state index contributed by atoms with van der Waals surface area (Å²) in [6.45, 7) is 5.88. The molecule has 24 heavy (non-hydrogen) atoms. The molecule has 1 saturated heterocycles. The van der Waals surface area contributed by atoms with E-state index >= 15 is 0 Å². The van der Waals surface area contributed by atoms with Crippen molar-refractivity contribution in [3.05, 3.63) is 51.6 Å². The highest BCUT2D eigenvalue weighted by molar-refractivity contribution is 5.46. The Balaban J connectivity index is 1.64. The van der Waals surface area contributed by atoms with Crippen molar-refractivity contribution in [1.82, 2.24) is 15.1 Å². The first kappa shape index (κ1) is 16.4. The van der Waals surface area contributed by atoms with Gasteiger partial charge in [0.25, 0.3) is 5.56 Å². The van der Waals surface area contributed by atoms with E-state index in [1.807, 2.05) is 17.9 Å². The summed E-state index contributed by atoms with van der Waals surface area (Å²) in [6, 6.07) is 6.57. The van der Waals surface area contributed by atoms with Crippen molar-refractivity contribution in [2.45, 2.75) is 13.5 Å². The number of H-pyrrole nitrogens is 1. The number of methoxy groups -OCH3 is 1. The number of anilines is 1. The Morgan fingerprint density at radius 3 is 2.67 bits per heavy atom. The second-order valence-electron chi connectivity index (χ2n) is 5.96. The molecular formula is C17H21FN4O2. The van der Waals surface area contributed by atoms with Gasteiger partial charge in [-0.15, -0.1) is 5.10 Å². The van der Waals surface area contributed by atoms with Gasteiger partial charge in [-0.2, -0.15) is 0 Å². The van der Waals surface area contributed by atoms with Gasteiger partial charge in [0.2, 0.25) is 5.88 Å². The number of nitrogens with one attached hydrogen (secondary N) is 1. The number of aryl methyl sites for hydroxylation is 1. The van der Waals surface area contributed by atoms with Gasteiger partial charge in [-0.1, -0.05) is 6.07 Å². The van der Waals surface area contributed by atoms with E-state index in [2.05, 4.69) is 15.1 Å². The number of hydrogen-bond donors (Lipinski definition) is 1. The number of ether oxygens (including phenoxy) is 1. The van der Waals surface area contributed by atoms with Gasteiger partial charge in [0.1, 0.15) is 11.5 Å². The fourth-order valence-corrected chi connectivity index (χ4v) is 2.94. The molecule has 0 saturated carbocycles. The van der Waals surface area contributed by atoms with Crippen LogP contribution in [0.4, 0.5) is 10.1 Å². The topological polar surface area (TPSA) is 61.5 Å². The molecule has 0 amide bonds. The van der Waals surface area contributed by atoms with Crippen molar-refractivity contribution in [3.8, 4) is 5.88 Å². The number of piperazine rings is 1. The van der Waals surface area contributed by atoms with E-state index < -0.39 is 0 Å². The summed E-state index contributed by atoms with van der Waals surface area (Å²) in [5, 5.41) is 6.27. The van der Waals surface area contributed by atoms with Gasteiger partial charge < -0.3 is 9.64 Å². The third kappa shape index (κ3) is 3.56. The Kier molecular flexibility index (Phi) is 4.80. The molecule has 1 aromatic heterocycles. The average molecular weight is 332 g/mol. The molecule has 3 rings (SSSR count). The van der Waals surface area contributed by atoms with E-state index in [0.717, 1.165) is 43.9 Å². The largest absolute Gasteiger partial charge is 0.480 e. The van der Waals surface area contributed by atoms with Crippen LogP contribution in [0.1, 0.15) is 11.1 Å². The Bertz CT molecular complexity index is 769. The SMILES string of the molecule is COc1cc(N2CCN(Cc3ccc(F)cc3C)CC2)c(=O)[nH]n1. The van der Waals surface area contributed by atoms with E-state index in [1.54, 1.807) is 12.1 Å². The van der Waals surface area contributed by atoms with Crippen molar-refractivity contribution < 1.29 is 9.13 Å². The summed E-state index contributed by atoms with van der Waals surface area (Å²) in [7, 11) is 1.52. The molecule has 1 aliphatic heterocycles. The third-order valence-electron chi connectivity index (χ3n) is 4.38. The first-order chi connectivity index (χ1) is 11.6. The van der Waals surface area contributed by atoms with Gasteiger partial charge >= 0.3 is 0 Å². The van der Waals surface area contributed by atoms with Crippen molar-refractivity contribution >= 4 is 5.69 Å². The highest BCUT2D eigenvalue weighted by atomic mass is 19.1. The van der Waals surface area contributed by atoms with Gasteiger partial charge in [-0.3, -0.25) is 9.69 Å². The molecule has 1 aromatic carbocycles. The highest BCUT2D eigenvalue weighted by Crippen LogP contribution is 2.18. The lowest BCUT2D eigenvalue weighted by molar-refractivity contribution is 0.249. The third-order valence-corrected chi connectivity index (χ3v) is 4.38. The highest BCUT2D eigenvalue weighted by Gasteiger charge is 2.20. The maximum Gasteiger partial charge on any atom is 0.287 e. The fraction of sp³-hybridized carbons (Fsp3) is 0.412. The van der Waals surface area contributed by atoms with E-state index in [1.165, 1.54) is 13.2 Å². The maximum atomic E-state index is 13.2. The van der Waals surface area contributed by atoms with Gasteiger partial charge in [-0.05, 0) is 30.2 Å². The predicted molar refractivity (Wildman–Crippen MR) is 90.0 cm³/mol. The van der Waals surface area contributed by atoms with Gasteiger partial charge in [0.15, 0.2) is 0 Å². The fourth-order valence-electron chi connectivity index (χ4n) is 2.94. The summed E-state index contributed by atoms with van der Waals surface area (Å²) >= 11 is 0. The molecule has 2 aromatic rings. The quantitative estimate of drug-likeness (QED) is 0.920. The van der Waals surface area contributed by atoms with Crippen LogP contribution in [0.3, 0.4) is 0 Å². The summed E-state index contributed by atoms with van der Waals surface area (Å²) in [4.78, 5) is 16.3.